The molecular weight excluding hydrogens is 272 g/mol. The van der Waals surface area contributed by atoms with E-state index in [1.54, 1.807) is 6.07 Å². The van der Waals surface area contributed by atoms with Crippen LogP contribution in [-0.4, -0.2) is 0 Å². The monoisotopic (exact) mass is 288 g/mol. The second-order valence-electron chi connectivity index (χ2n) is 5.24. The second kappa shape index (κ2) is 5.86. The molecule has 0 radical (unpaired) electrons. The molecule has 0 amide bonds. The molecule has 0 saturated carbocycles. The molecule has 22 heavy (non-hydrogen) atoms. The smallest absolute Gasteiger partial charge is 0.193 e. The van der Waals surface area contributed by atoms with E-state index in [4.69, 9.17) is 4.42 Å². The quantitative estimate of drug-likeness (QED) is 0.631. The summed E-state index contributed by atoms with van der Waals surface area (Å²) in [5.41, 5.74) is 3.22. The molecule has 0 N–H and O–H groups in total. The van der Waals surface area contributed by atoms with Crippen LogP contribution in [0.5, 0.6) is 0 Å². The first kappa shape index (κ1) is 14.1. The van der Waals surface area contributed by atoms with Crippen LogP contribution in [0, 0.1) is 0 Å². The van der Waals surface area contributed by atoms with Crippen molar-refractivity contribution < 1.29 is 4.42 Å². The summed E-state index contributed by atoms with van der Waals surface area (Å²) in [6, 6.07) is 16.8. The lowest BCUT2D eigenvalue weighted by Crippen LogP contribution is -2.02. The molecule has 0 spiro atoms. The van der Waals surface area contributed by atoms with Gasteiger partial charge >= 0.3 is 0 Å². The molecule has 2 heteroatoms. The zero-order chi connectivity index (χ0) is 15.5. The summed E-state index contributed by atoms with van der Waals surface area (Å²) in [6.07, 6.45) is 3.78. The molecule has 2 nitrogen and oxygen atoms in total. The molecule has 0 bridgehead atoms. The van der Waals surface area contributed by atoms with E-state index in [2.05, 4.69) is 6.58 Å². The maximum Gasteiger partial charge on any atom is 0.193 e. The lowest BCUT2D eigenvalue weighted by Gasteiger charge is -2.05. The Bertz CT molecular complexity index is 915. The average Bonchev–Trinajstić information content (AvgIpc) is 2.53. The average molecular weight is 288 g/mol. The van der Waals surface area contributed by atoms with Crippen LogP contribution in [0.15, 0.2) is 82.0 Å². The predicted octanol–water partition coefficient (Wildman–Crippen LogP) is 5.05. The van der Waals surface area contributed by atoms with Crippen molar-refractivity contribution in [2.75, 3.05) is 0 Å². The van der Waals surface area contributed by atoms with Gasteiger partial charge in [0.2, 0.25) is 0 Å². The van der Waals surface area contributed by atoms with E-state index in [0.717, 1.165) is 16.7 Å². The minimum Gasteiger partial charge on any atom is -0.456 e. The zero-order valence-corrected chi connectivity index (χ0v) is 12.4. The molecule has 3 rings (SSSR count). The van der Waals surface area contributed by atoms with E-state index in [0.29, 0.717) is 16.7 Å². The van der Waals surface area contributed by atoms with Crippen LogP contribution < -0.4 is 5.43 Å². The van der Waals surface area contributed by atoms with Gasteiger partial charge in [-0.3, -0.25) is 4.79 Å². The Morgan fingerprint density at radius 1 is 1.09 bits per heavy atom. The van der Waals surface area contributed by atoms with Crippen LogP contribution in [0.3, 0.4) is 0 Å². The van der Waals surface area contributed by atoms with Crippen molar-refractivity contribution in [3.8, 4) is 11.3 Å². The highest BCUT2D eigenvalue weighted by Gasteiger charge is 2.09. The first-order valence-electron chi connectivity index (χ1n) is 7.11. The fourth-order valence-electron chi connectivity index (χ4n) is 2.35. The number of hydrogen-bond acceptors (Lipinski definition) is 2. The minimum atomic E-state index is -0.0398. The first-order valence-corrected chi connectivity index (χ1v) is 7.11. The van der Waals surface area contributed by atoms with Crippen LogP contribution in [0.25, 0.3) is 28.4 Å². The van der Waals surface area contributed by atoms with Gasteiger partial charge in [-0.1, -0.05) is 66.8 Å². The summed E-state index contributed by atoms with van der Waals surface area (Å²) in [5, 5.41) is 0.597. The van der Waals surface area contributed by atoms with E-state index in [9.17, 15) is 4.79 Å². The van der Waals surface area contributed by atoms with Crippen molar-refractivity contribution >= 4 is 17.0 Å². The van der Waals surface area contributed by atoms with Gasteiger partial charge in [-0.2, -0.15) is 0 Å². The molecule has 0 aliphatic rings. The predicted molar refractivity (Wildman–Crippen MR) is 91.8 cm³/mol. The fraction of sp³-hybridized carbons (Fsp3) is 0.0500. The van der Waals surface area contributed by atoms with E-state index in [1.165, 1.54) is 0 Å². The van der Waals surface area contributed by atoms with Crippen LogP contribution in [0.2, 0.25) is 0 Å². The van der Waals surface area contributed by atoms with Gasteiger partial charge in [0, 0.05) is 11.6 Å². The van der Waals surface area contributed by atoms with Crippen molar-refractivity contribution in [3.05, 3.63) is 88.6 Å². The molecule has 0 aliphatic carbocycles. The van der Waals surface area contributed by atoms with Gasteiger partial charge < -0.3 is 4.42 Å². The standard InChI is InChI=1S/C20H16O2/c1-14(2)11-12-16-9-6-10-18-20(16)17(21)13-19(22-18)15-7-4-3-5-8-15/h3-13H,1H2,2H3/b12-11+. The second-order valence-corrected chi connectivity index (χ2v) is 5.24. The van der Waals surface area contributed by atoms with Crippen molar-refractivity contribution in [3.63, 3.8) is 0 Å². The summed E-state index contributed by atoms with van der Waals surface area (Å²) < 4.78 is 5.92. The molecule has 1 aromatic heterocycles. The summed E-state index contributed by atoms with van der Waals surface area (Å²) >= 11 is 0. The third-order valence-electron chi connectivity index (χ3n) is 3.39. The maximum absolute atomic E-state index is 12.5. The van der Waals surface area contributed by atoms with Gasteiger partial charge in [0.05, 0.1) is 5.39 Å². The molecule has 1 heterocycles. The Labute approximate surface area is 129 Å². The maximum atomic E-state index is 12.5. The number of hydrogen-bond donors (Lipinski definition) is 0. The summed E-state index contributed by atoms with van der Waals surface area (Å²) in [5.74, 6) is 0.583. The lowest BCUT2D eigenvalue weighted by molar-refractivity contribution is 0.619. The molecule has 108 valence electrons. The number of rotatable bonds is 3. The zero-order valence-electron chi connectivity index (χ0n) is 12.4. The van der Waals surface area contributed by atoms with Gasteiger partial charge in [0.25, 0.3) is 0 Å². The Kier molecular flexibility index (Phi) is 3.75. The molecule has 0 unspecified atom stereocenters. The molecule has 3 aromatic rings. The number of benzene rings is 2. The van der Waals surface area contributed by atoms with Gasteiger partial charge in [-0.25, -0.2) is 0 Å². The normalized spacial score (nSPS) is 11.1. The van der Waals surface area contributed by atoms with E-state index in [1.807, 2.05) is 67.6 Å². The van der Waals surface area contributed by atoms with Gasteiger partial charge in [-0.15, -0.1) is 0 Å². The summed E-state index contributed by atoms with van der Waals surface area (Å²) in [6.45, 7) is 5.75. The molecule has 0 fully saturated rings. The summed E-state index contributed by atoms with van der Waals surface area (Å²) in [7, 11) is 0. The van der Waals surface area contributed by atoms with Gasteiger partial charge in [0.1, 0.15) is 11.3 Å². The van der Waals surface area contributed by atoms with Crippen molar-refractivity contribution in [2.45, 2.75) is 6.92 Å². The van der Waals surface area contributed by atoms with E-state index < -0.39 is 0 Å². The van der Waals surface area contributed by atoms with Crippen LogP contribution in [-0.2, 0) is 0 Å². The molecule has 2 aromatic carbocycles. The Hall–Kier alpha value is -2.87. The third kappa shape index (κ3) is 2.77. The van der Waals surface area contributed by atoms with Crippen LogP contribution in [0.1, 0.15) is 12.5 Å². The minimum absolute atomic E-state index is 0.0398. The van der Waals surface area contributed by atoms with Gasteiger partial charge in [0.15, 0.2) is 5.43 Å². The largest absolute Gasteiger partial charge is 0.456 e. The Morgan fingerprint density at radius 2 is 1.86 bits per heavy atom. The molecule has 0 atom stereocenters. The fourth-order valence-corrected chi connectivity index (χ4v) is 2.35. The molecule has 0 saturated heterocycles. The first-order chi connectivity index (χ1) is 10.6. The number of fused-ring (bicyclic) bond motifs is 1. The Morgan fingerprint density at radius 3 is 2.59 bits per heavy atom. The van der Waals surface area contributed by atoms with Gasteiger partial charge in [-0.05, 0) is 18.6 Å². The Balaban J connectivity index is 2.21. The van der Waals surface area contributed by atoms with Crippen LogP contribution in [0.4, 0.5) is 0 Å². The molecule has 0 aliphatic heterocycles. The van der Waals surface area contributed by atoms with Crippen LogP contribution >= 0.6 is 0 Å². The van der Waals surface area contributed by atoms with Crippen molar-refractivity contribution in [2.24, 2.45) is 0 Å². The third-order valence-corrected chi connectivity index (χ3v) is 3.39. The number of allylic oxidation sites excluding steroid dienone is 2. The highest BCUT2D eigenvalue weighted by molar-refractivity contribution is 5.87. The van der Waals surface area contributed by atoms with Crippen molar-refractivity contribution in [1.82, 2.24) is 0 Å². The lowest BCUT2D eigenvalue weighted by atomic mass is 10.1. The highest BCUT2D eigenvalue weighted by Crippen LogP contribution is 2.24. The van der Waals surface area contributed by atoms with E-state index >= 15 is 0 Å². The SMILES string of the molecule is C=C(C)/C=C/c1cccc2oc(-c3ccccc3)cc(=O)c12. The highest BCUT2D eigenvalue weighted by atomic mass is 16.3. The van der Waals surface area contributed by atoms with Crippen molar-refractivity contribution in [1.29, 1.82) is 0 Å². The topological polar surface area (TPSA) is 30.2 Å². The van der Waals surface area contributed by atoms with E-state index in [-0.39, 0.29) is 5.43 Å². The molecular formula is C20H16O2. The summed E-state index contributed by atoms with van der Waals surface area (Å²) in [4.78, 5) is 12.5.